The normalized spacial score (nSPS) is 18.3. The Balaban J connectivity index is 1.59. The van der Waals surface area contributed by atoms with Crippen molar-refractivity contribution in [2.75, 3.05) is 24.6 Å². The van der Waals surface area contributed by atoms with E-state index in [1.165, 1.54) is 6.07 Å². The van der Waals surface area contributed by atoms with Crippen LogP contribution in [0, 0.1) is 18.7 Å². The molecule has 1 aromatic carbocycles. The molecule has 0 bridgehead atoms. The Labute approximate surface area is 129 Å². The van der Waals surface area contributed by atoms with Crippen LogP contribution in [0.2, 0.25) is 0 Å². The average molecular weight is 301 g/mol. The first kappa shape index (κ1) is 14.8. The van der Waals surface area contributed by atoms with Gasteiger partial charge in [-0.1, -0.05) is 12.1 Å². The number of rotatable bonds is 4. The SMILES string of the molecule is Cc1ccc(N2CCCC(COc3ccccc3F)C2)nn1. The first-order chi connectivity index (χ1) is 10.7. The van der Waals surface area contributed by atoms with Gasteiger partial charge < -0.3 is 9.64 Å². The molecule has 0 radical (unpaired) electrons. The van der Waals surface area contributed by atoms with Crippen LogP contribution in [0.4, 0.5) is 10.2 Å². The number of halogens is 1. The van der Waals surface area contributed by atoms with E-state index in [9.17, 15) is 4.39 Å². The van der Waals surface area contributed by atoms with Crippen LogP contribution >= 0.6 is 0 Å². The molecule has 2 heterocycles. The summed E-state index contributed by atoms with van der Waals surface area (Å²) >= 11 is 0. The largest absolute Gasteiger partial charge is 0.490 e. The molecule has 1 aromatic heterocycles. The third-order valence-electron chi connectivity index (χ3n) is 3.94. The Bertz CT molecular complexity index is 618. The van der Waals surface area contributed by atoms with Crippen molar-refractivity contribution in [2.45, 2.75) is 19.8 Å². The number of hydrogen-bond donors (Lipinski definition) is 0. The number of aromatic nitrogens is 2. The van der Waals surface area contributed by atoms with Crippen molar-refractivity contribution in [3.63, 3.8) is 0 Å². The van der Waals surface area contributed by atoms with E-state index < -0.39 is 0 Å². The Morgan fingerprint density at radius 2 is 2.09 bits per heavy atom. The maximum Gasteiger partial charge on any atom is 0.165 e. The van der Waals surface area contributed by atoms with Gasteiger partial charge in [0.25, 0.3) is 0 Å². The molecule has 3 rings (SSSR count). The monoisotopic (exact) mass is 301 g/mol. The molecule has 0 aliphatic carbocycles. The van der Waals surface area contributed by atoms with E-state index in [2.05, 4.69) is 15.1 Å². The summed E-state index contributed by atoms with van der Waals surface area (Å²) in [5.41, 5.74) is 0.917. The fourth-order valence-electron chi connectivity index (χ4n) is 2.74. The highest BCUT2D eigenvalue weighted by Gasteiger charge is 2.22. The lowest BCUT2D eigenvalue weighted by atomic mass is 9.99. The van der Waals surface area contributed by atoms with Gasteiger partial charge in [-0.25, -0.2) is 4.39 Å². The van der Waals surface area contributed by atoms with Crippen LogP contribution in [-0.4, -0.2) is 29.9 Å². The van der Waals surface area contributed by atoms with Gasteiger partial charge in [0.2, 0.25) is 0 Å². The molecule has 1 atom stereocenters. The highest BCUT2D eigenvalue weighted by molar-refractivity contribution is 5.37. The molecule has 0 spiro atoms. The summed E-state index contributed by atoms with van der Waals surface area (Å²) in [7, 11) is 0. The van der Waals surface area contributed by atoms with Crippen molar-refractivity contribution < 1.29 is 9.13 Å². The van der Waals surface area contributed by atoms with Crippen LogP contribution < -0.4 is 9.64 Å². The van der Waals surface area contributed by atoms with Crippen LogP contribution in [-0.2, 0) is 0 Å². The zero-order valence-corrected chi connectivity index (χ0v) is 12.7. The first-order valence-corrected chi connectivity index (χ1v) is 7.65. The van der Waals surface area contributed by atoms with Gasteiger partial charge in [-0.3, -0.25) is 0 Å². The predicted octanol–water partition coefficient (Wildman–Crippen LogP) is 3.22. The van der Waals surface area contributed by atoms with Crippen molar-refractivity contribution in [1.29, 1.82) is 0 Å². The summed E-state index contributed by atoms with van der Waals surface area (Å²) < 4.78 is 19.2. The summed E-state index contributed by atoms with van der Waals surface area (Å²) in [6.07, 6.45) is 2.17. The smallest absolute Gasteiger partial charge is 0.165 e. The van der Waals surface area contributed by atoms with Crippen molar-refractivity contribution in [1.82, 2.24) is 10.2 Å². The average Bonchev–Trinajstić information content (AvgIpc) is 2.55. The standard InChI is InChI=1S/C17H20FN3O/c1-13-8-9-17(20-19-13)21-10-4-5-14(11-21)12-22-16-7-3-2-6-15(16)18/h2-3,6-9,14H,4-5,10-12H2,1H3. The molecule has 2 aromatic rings. The van der Waals surface area contributed by atoms with Crippen molar-refractivity contribution >= 4 is 5.82 Å². The van der Waals surface area contributed by atoms with Gasteiger partial charge in [0, 0.05) is 19.0 Å². The van der Waals surface area contributed by atoms with Crippen molar-refractivity contribution in [3.8, 4) is 5.75 Å². The minimum Gasteiger partial charge on any atom is -0.490 e. The zero-order valence-electron chi connectivity index (χ0n) is 12.7. The van der Waals surface area contributed by atoms with Gasteiger partial charge in [0.1, 0.15) is 0 Å². The van der Waals surface area contributed by atoms with E-state index in [1.807, 2.05) is 19.1 Å². The molecule has 116 valence electrons. The Hall–Kier alpha value is -2.17. The third-order valence-corrected chi connectivity index (χ3v) is 3.94. The Morgan fingerprint density at radius 1 is 1.23 bits per heavy atom. The van der Waals surface area contributed by atoms with Gasteiger partial charge in [-0.05, 0) is 44.0 Å². The van der Waals surface area contributed by atoms with E-state index >= 15 is 0 Å². The number of anilines is 1. The summed E-state index contributed by atoms with van der Waals surface area (Å²) in [6, 6.07) is 10.5. The zero-order chi connectivity index (χ0) is 15.4. The molecule has 1 aliphatic heterocycles. The molecule has 5 heteroatoms. The van der Waals surface area contributed by atoms with E-state index in [4.69, 9.17) is 4.74 Å². The quantitative estimate of drug-likeness (QED) is 0.869. The third kappa shape index (κ3) is 3.53. The van der Waals surface area contributed by atoms with E-state index in [0.29, 0.717) is 18.3 Å². The Morgan fingerprint density at radius 3 is 2.86 bits per heavy atom. The van der Waals surface area contributed by atoms with Crippen molar-refractivity contribution in [2.24, 2.45) is 5.92 Å². The topological polar surface area (TPSA) is 38.2 Å². The molecule has 1 saturated heterocycles. The number of para-hydroxylation sites is 1. The predicted molar refractivity (Wildman–Crippen MR) is 83.6 cm³/mol. The van der Waals surface area contributed by atoms with Crippen LogP contribution in [0.15, 0.2) is 36.4 Å². The summed E-state index contributed by atoms with van der Waals surface area (Å²) in [6.45, 7) is 4.30. The van der Waals surface area contributed by atoms with Gasteiger partial charge in [0.15, 0.2) is 17.4 Å². The molecule has 0 N–H and O–H groups in total. The molecular formula is C17H20FN3O. The van der Waals surface area contributed by atoms with Crippen LogP contribution in [0.5, 0.6) is 5.75 Å². The Kier molecular flexibility index (Phi) is 4.51. The maximum absolute atomic E-state index is 13.6. The molecule has 1 fully saturated rings. The summed E-state index contributed by atoms with van der Waals surface area (Å²) in [5, 5.41) is 8.36. The molecule has 1 unspecified atom stereocenters. The van der Waals surface area contributed by atoms with Crippen LogP contribution in [0.1, 0.15) is 18.5 Å². The second-order valence-corrected chi connectivity index (χ2v) is 5.73. The lowest BCUT2D eigenvalue weighted by molar-refractivity contribution is 0.220. The van der Waals surface area contributed by atoms with Gasteiger partial charge in [-0.15, -0.1) is 5.10 Å². The number of hydrogen-bond acceptors (Lipinski definition) is 4. The summed E-state index contributed by atoms with van der Waals surface area (Å²) in [4.78, 5) is 2.23. The van der Waals surface area contributed by atoms with E-state index in [0.717, 1.165) is 37.4 Å². The van der Waals surface area contributed by atoms with E-state index in [-0.39, 0.29) is 5.82 Å². The molecule has 1 aliphatic rings. The molecule has 22 heavy (non-hydrogen) atoms. The maximum atomic E-state index is 13.6. The molecule has 4 nitrogen and oxygen atoms in total. The summed E-state index contributed by atoms with van der Waals surface area (Å²) in [5.74, 6) is 1.30. The van der Waals surface area contributed by atoms with Crippen LogP contribution in [0.3, 0.4) is 0 Å². The molecule has 0 saturated carbocycles. The number of aryl methyl sites for hydroxylation is 1. The molecular weight excluding hydrogens is 281 g/mol. The van der Waals surface area contributed by atoms with Crippen LogP contribution in [0.25, 0.3) is 0 Å². The lowest BCUT2D eigenvalue weighted by Gasteiger charge is -2.33. The fraction of sp³-hybridized carbons (Fsp3) is 0.412. The number of piperidine rings is 1. The number of benzene rings is 1. The lowest BCUT2D eigenvalue weighted by Crippen LogP contribution is -2.38. The van der Waals surface area contributed by atoms with Gasteiger partial charge in [0.05, 0.1) is 12.3 Å². The van der Waals surface area contributed by atoms with E-state index in [1.54, 1.807) is 18.2 Å². The number of nitrogens with zero attached hydrogens (tertiary/aromatic N) is 3. The van der Waals surface area contributed by atoms with Gasteiger partial charge in [-0.2, -0.15) is 5.10 Å². The highest BCUT2D eigenvalue weighted by atomic mass is 19.1. The van der Waals surface area contributed by atoms with Gasteiger partial charge >= 0.3 is 0 Å². The second-order valence-electron chi connectivity index (χ2n) is 5.73. The first-order valence-electron chi connectivity index (χ1n) is 7.65. The fourth-order valence-corrected chi connectivity index (χ4v) is 2.74. The van der Waals surface area contributed by atoms with Crippen molar-refractivity contribution in [3.05, 3.63) is 47.9 Å². The second kappa shape index (κ2) is 6.73. The molecule has 0 amide bonds. The minimum absolute atomic E-state index is 0.306. The highest BCUT2D eigenvalue weighted by Crippen LogP contribution is 2.23. The minimum atomic E-state index is -0.306. The number of ether oxygens (including phenoxy) is 1.